The maximum atomic E-state index is 12.5. The summed E-state index contributed by atoms with van der Waals surface area (Å²) in [5.41, 5.74) is 1.62. The molecule has 0 radical (unpaired) electrons. The third-order valence-electron chi connectivity index (χ3n) is 4.49. The van der Waals surface area contributed by atoms with Crippen LogP contribution >= 0.6 is 23.4 Å². The molecule has 1 saturated heterocycles. The van der Waals surface area contributed by atoms with E-state index in [1.165, 1.54) is 0 Å². The molecular weight excluding hydrogens is 420 g/mol. The van der Waals surface area contributed by atoms with Crippen LogP contribution in [0.4, 0.5) is 0 Å². The first kappa shape index (κ1) is 21.2. The van der Waals surface area contributed by atoms with Gasteiger partial charge in [-0.1, -0.05) is 42.4 Å². The number of hydrogen-bond acceptors (Lipinski definition) is 6. The average Bonchev–Trinajstić information content (AvgIpc) is 3.08. The van der Waals surface area contributed by atoms with Gasteiger partial charge in [-0.15, -0.1) is 0 Å². The second kappa shape index (κ2) is 9.33. The molecular formula is C19H23ClN2O4S2. The number of carbonyl (C=O) groups is 1. The Morgan fingerprint density at radius 1 is 1.25 bits per heavy atom. The van der Waals surface area contributed by atoms with Crippen molar-refractivity contribution in [2.45, 2.75) is 31.4 Å². The highest BCUT2D eigenvalue weighted by molar-refractivity contribution is 7.99. The zero-order valence-electron chi connectivity index (χ0n) is 15.7. The van der Waals surface area contributed by atoms with E-state index in [2.05, 4.69) is 11.9 Å². The minimum atomic E-state index is -3.00. The van der Waals surface area contributed by atoms with Gasteiger partial charge in [0.15, 0.2) is 9.84 Å². The van der Waals surface area contributed by atoms with Crippen LogP contribution in [0.3, 0.4) is 0 Å². The van der Waals surface area contributed by atoms with Crippen LogP contribution in [-0.2, 0) is 21.1 Å². The molecule has 1 aliphatic rings. The Morgan fingerprint density at radius 3 is 2.57 bits per heavy atom. The molecule has 1 amide bonds. The van der Waals surface area contributed by atoms with E-state index in [4.69, 9.17) is 16.0 Å². The molecule has 0 spiro atoms. The van der Waals surface area contributed by atoms with Gasteiger partial charge < -0.3 is 9.32 Å². The predicted molar refractivity (Wildman–Crippen MR) is 112 cm³/mol. The first-order valence-corrected chi connectivity index (χ1v) is 12.4. The highest BCUT2D eigenvalue weighted by Crippen LogP contribution is 2.30. The summed E-state index contributed by atoms with van der Waals surface area (Å²) in [6, 6.07) is 7.37. The molecule has 0 atom stereocenters. The Kier molecular flexibility index (Phi) is 7.06. The topological polar surface area (TPSA) is 80.5 Å². The van der Waals surface area contributed by atoms with E-state index in [0.717, 1.165) is 23.4 Å². The maximum Gasteiger partial charge on any atom is 0.256 e. The normalized spacial score (nSPS) is 16.3. The minimum Gasteiger partial charge on any atom is -0.436 e. The van der Waals surface area contributed by atoms with Crippen LogP contribution < -0.4 is 0 Å². The Balaban J connectivity index is 1.72. The molecule has 1 fully saturated rings. The molecule has 0 N–H and O–H groups in total. The van der Waals surface area contributed by atoms with Crippen LogP contribution in [0, 0.1) is 0 Å². The second-order valence-electron chi connectivity index (χ2n) is 6.64. The Morgan fingerprint density at radius 2 is 1.93 bits per heavy atom. The SMILES string of the molecule is CCCSc1nc(-c2ccc(Cl)cc2)c(CCC(=O)N2CCS(=O)(=O)CC2)o1. The van der Waals surface area contributed by atoms with Crippen molar-refractivity contribution >= 4 is 39.1 Å². The van der Waals surface area contributed by atoms with Gasteiger partial charge in [-0.05, 0) is 18.6 Å². The molecule has 2 heterocycles. The Hall–Kier alpha value is -1.51. The lowest BCUT2D eigenvalue weighted by Gasteiger charge is -2.26. The number of thioether (sulfide) groups is 1. The van der Waals surface area contributed by atoms with Gasteiger partial charge in [0, 0.05) is 42.3 Å². The molecule has 6 nitrogen and oxygen atoms in total. The van der Waals surface area contributed by atoms with Crippen LogP contribution in [0.25, 0.3) is 11.3 Å². The van der Waals surface area contributed by atoms with E-state index >= 15 is 0 Å². The van der Waals surface area contributed by atoms with Crippen molar-refractivity contribution in [3.63, 3.8) is 0 Å². The molecule has 0 unspecified atom stereocenters. The largest absolute Gasteiger partial charge is 0.436 e. The highest BCUT2D eigenvalue weighted by atomic mass is 35.5. The van der Waals surface area contributed by atoms with E-state index in [1.807, 2.05) is 12.1 Å². The quantitative estimate of drug-likeness (QED) is 0.608. The van der Waals surface area contributed by atoms with Crippen LogP contribution in [0.15, 0.2) is 33.9 Å². The number of amides is 1. The number of aromatic nitrogens is 1. The van der Waals surface area contributed by atoms with Crippen LogP contribution in [0.2, 0.25) is 5.02 Å². The monoisotopic (exact) mass is 442 g/mol. The summed E-state index contributed by atoms with van der Waals surface area (Å²) < 4.78 is 29.0. The standard InChI is InChI=1S/C19H23ClN2O4S2/c1-2-11-27-19-21-18(14-3-5-15(20)6-4-14)16(26-19)7-8-17(23)22-9-12-28(24,25)13-10-22/h3-6H,2,7-13H2,1H3. The first-order valence-electron chi connectivity index (χ1n) is 9.24. The van der Waals surface area contributed by atoms with Crippen molar-refractivity contribution in [3.05, 3.63) is 35.0 Å². The lowest BCUT2D eigenvalue weighted by atomic mass is 10.1. The molecule has 0 saturated carbocycles. The van der Waals surface area contributed by atoms with E-state index in [9.17, 15) is 13.2 Å². The second-order valence-corrected chi connectivity index (χ2v) is 10.4. The molecule has 28 heavy (non-hydrogen) atoms. The molecule has 0 bridgehead atoms. The molecule has 9 heteroatoms. The summed E-state index contributed by atoms with van der Waals surface area (Å²) in [6.45, 7) is 2.62. The Bertz CT molecular complexity index is 912. The molecule has 1 aliphatic heterocycles. The summed E-state index contributed by atoms with van der Waals surface area (Å²) in [5, 5.41) is 1.24. The number of hydrogen-bond donors (Lipinski definition) is 0. The third kappa shape index (κ3) is 5.52. The van der Waals surface area contributed by atoms with Crippen LogP contribution in [0.5, 0.6) is 0 Å². The van der Waals surface area contributed by atoms with Gasteiger partial charge in [0.1, 0.15) is 11.5 Å². The smallest absolute Gasteiger partial charge is 0.256 e. The van der Waals surface area contributed by atoms with Crippen molar-refractivity contribution in [2.75, 3.05) is 30.3 Å². The van der Waals surface area contributed by atoms with Gasteiger partial charge in [-0.3, -0.25) is 4.79 Å². The van der Waals surface area contributed by atoms with Gasteiger partial charge in [-0.2, -0.15) is 0 Å². The Labute approximate surface area is 174 Å². The van der Waals surface area contributed by atoms with Crippen molar-refractivity contribution < 1.29 is 17.6 Å². The predicted octanol–water partition coefficient (Wildman–Crippen LogP) is 3.69. The maximum absolute atomic E-state index is 12.5. The average molecular weight is 443 g/mol. The van der Waals surface area contributed by atoms with Gasteiger partial charge in [0.2, 0.25) is 5.91 Å². The fraction of sp³-hybridized carbons (Fsp3) is 0.474. The van der Waals surface area contributed by atoms with E-state index in [1.54, 1.807) is 28.8 Å². The zero-order valence-corrected chi connectivity index (χ0v) is 18.1. The summed E-state index contributed by atoms with van der Waals surface area (Å²) in [5.74, 6) is 1.58. The third-order valence-corrected chi connectivity index (χ3v) is 7.38. The van der Waals surface area contributed by atoms with Crippen molar-refractivity contribution in [1.82, 2.24) is 9.88 Å². The number of halogens is 1. The van der Waals surface area contributed by atoms with Crippen molar-refractivity contribution in [1.29, 1.82) is 0 Å². The summed E-state index contributed by atoms with van der Waals surface area (Å²) in [6.07, 6.45) is 1.68. The van der Waals surface area contributed by atoms with Crippen molar-refractivity contribution in [2.24, 2.45) is 0 Å². The number of aryl methyl sites for hydroxylation is 1. The molecule has 2 aromatic rings. The van der Waals surface area contributed by atoms with Gasteiger partial charge in [0.05, 0.1) is 11.5 Å². The van der Waals surface area contributed by atoms with Crippen LogP contribution in [-0.4, -0.2) is 54.6 Å². The first-order chi connectivity index (χ1) is 13.4. The lowest BCUT2D eigenvalue weighted by Crippen LogP contribution is -2.43. The number of nitrogens with zero attached hydrogens (tertiary/aromatic N) is 2. The van der Waals surface area contributed by atoms with E-state index in [0.29, 0.717) is 22.4 Å². The number of benzene rings is 1. The fourth-order valence-electron chi connectivity index (χ4n) is 2.92. The fourth-order valence-corrected chi connectivity index (χ4v) is 4.95. The van der Waals surface area contributed by atoms with Crippen LogP contribution in [0.1, 0.15) is 25.5 Å². The van der Waals surface area contributed by atoms with Gasteiger partial charge >= 0.3 is 0 Å². The van der Waals surface area contributed by atoms with Crippen molar-refractivity contribution in [3.8, 4) is 11.3 Å². The molecule has 0 aliphatic carbocycles. The number of rotatable bonds is 7. The minimum absolute atomic E-state index is 0.0366. The summed E-state index contributed by atoms with van der Waals surface area (Å²) in [4.78, 5) is 18.7. The molecule has 3 rings (SSSR count). The summed E-state index contributed by atoms with van der Waals surface area (Å²) in [7, 11) is -3.00. The summed E-state index contributed by atoms with van der Waals surface area (Å²) >= 11 is 7.53. The van der Waals surface area contributed by atoms with Gasteiger partial charge in [-0.25, -0.2) is 13.4 Å². The zero-order chi connectivity index (χ0) is 20.1. The van der Waals surface area contributed by atoms with E-state index in [-0.39, 0.29) is 36.9 Å². The molecule has 1 aromatic heterocycles. The number of carbonyl (C=O) groups excluding carboxylic acids is 1. The highest BCUT2D eigenvalue weighted by Gasteiger charge is 2.25. The molecule has 152 valence electrons. The van der Waals surface area contributed by atoms with Gasteiger partial charge in [0.25, 0.3) is 5.22 Å². The number of sulfone groups is 1. The molecule has 1 aromatic carbocycles. The van der Waals surface area contributed by atoms with E-state index < -0.39 is 9.84 Å². The number of oxazole rings is 1. The lowest BCUT2D eigenvalue weighted by molar-refractivity contribution is -0.130.